The number of amides is 1. The number of hydrogen-bond acceptors (Lipinski definition) is 8. The van der Waals surface area contributed by atoms with Crippen LogP contribution in [0.1, 0.15) is 40.4 Å². The average Bonchev–Trinajstić information content (AvgIpc) is 3.32. The minimum absolute atomic E-state index is 0.0641. The molecule has 0 aromatic carbocycles. The number of aliphatic hydroxyl groups excluding tert-OH is 1. The minimum atomic E-state index is -0.425. The Bertz CT molecular complexity index is 1060. The third kappa shape index (κ3) is 4.03. The predicted molar refractivity (Wildman–Crippen MR) is 107 cm³/mol. The zero-order valence-electron chi connectivity index (χ0n) is 16.1. The van der Waals surface area contributed by atoms with Gasteiger partial charge in [0.2, 0.25) is 5.95 Å². The van der Waals surface area contributed by atoms with Crippen molar-refractivity contribution >= 4 is 33.5 Å². The van der Waals surface area contributed by atoms with E-state index in [0.717, 1.165) is 17.6 Å². The molecule has 4 rings (SSSR count). The summed E-state index contributed by atoms with van der Waals surface area (Å²) in [6, 6.07) is 1.07. The summed E-state index contributed by atoms with van der Waals surface area (Å²) in [5.41, 5.74) is 1.39. The van der Waals surface area contributed by atoms with E-state index in [9.17, 15) is 14.3 Å². The normalized spacial score (nSPS) is 17.7. The number of likely N-dealkylation sites (tertiary alicyclic amines) is 1. The largest absolute Gasteiger partial charge is 0.396 e. The van der Waals surface area contributed by atoms with Crippen LogP contribution in [0.5, 0.6) is 0 Å². The number of aromatic nitrogens is 4. The summed E-state index contributed by atoms with van der Waals surface area (Å²) in [6.07, 6.45) is 3.48. The van der Waals surface area contributed by atoms with Crippen LogP contribution in [0.2, 0.25) is 0 Å². The van der Waals surface area contributed by atoms with Crippen LogP contribution >= 0.6 is 11.3 Å². The molecule has 29 heavy (non-hydrogen) atoms. The maximum absolute atomic E-state index is 13.5. The van der Waals surface area contributed by atoms with Crippen molar-refractivity contribution in [2.45, 2.75) is 26.3 Å². The van der Waals surface area contributed by atoms with E-state index in [1.807, 2.05) is 13.8 Å². The van der Waals surface area contributed by atoms with Gasteiger partial charge in [0.05, 0.1) is 17.2 Å². The Balaban J connectivity index is 1.66. The number of nitrogens with zero attached hydrogens (tertiary/aromatic N) is 5. The number of rotatable bonds is 5. The number of carbonyl (C=O) groups excluding carboxylic acids is 1. The van der Waals surface area contributed by atoms with Crippen LogP contribution in [0.15, 0.2) is 18.5 Å². The summed E-state index contributed by atoms with van der Waals surface area (Å²) < 4.78 is 14.1. The molecule has 1 unspecified atom stereocenters. The number of fused-ring (bicyclic) bond motifs is 1. The number of hydrogen-bond donors (Lipinski definition) is 2. The standard InChI is InChI=1S/C19H21FN6O2S/c1-10(13-5-14(20)7-21-6-13)22-19-24-15(16-17(25-19)23-11(2)29-16)18(28)26-4-3-12(8-26)9-27/h5-7,10,12,27H,3-4,8-9H2,1-2H3,(H,22,24,25)/t10-,12?/m0/s1. The van der Waals surface area contributed by atoms with Gasteiger partial charge in [-0.25, -0.2) is 14.4 Å². The Morgan fingerprint density at radius 1 is 1.41 bits per heavy atom. The first-order valence-corrected chi connectivity index (χ1v) is 10.2. The summed E-state index contributed by atoms with van der Waals surface area (Å²) in [5.74, 6) is -0.274. The summed E-state index contributed by atoms with van der Waals surface area (Å²) in [4.78, 5) is 32.0. The Morgan fingerprint density at radius 3 is 2.97 bits per heavy atom. The van der Waals surface area contributed by atoms with E-state index in [0.29, 0.717) is 34.7 Å². The van der Waals surface area contributed by atoms with E-state index in [2.05, 4.69) is 25.3 Å². The average molecular weight is 416 g/mol. The van der Waals surface area contributed by atoms with Crippen molar-refractivity contribution < 1.29 is 14.3 Å². The molecule has 10 heteroatoms. The molecule has 0 saturated carbocycles. The predicted octanol–water partition coefficient (Wildman–Crippen LogP) is 2.56. The lowest BCUT2D eigenvalue weighted by atomic mass is 10.1. The SMILES string of the molecule is Cc1nc2nc(N[C@@H](C)c3cncc(F)c3)nc(C(=O)N3CCC(CO)C3)c2s1. The molecule has 1 fully saturated rings. The van der Waals surface area contributed by atoms with Gasteiger partial charge in [0.25, 0.3) is 5.91 Å². The molecule has 8 nitrogen and oxygen atoms in total. The van der Waals surface area contributed by atoms with Crippen molar-refractivity contribution in [2.24, 2.45) is 5.92 Å². The molecule has 3 aromatic rings. The van der Waals surface area contributed by atoms with Crippen LogP contribution in [0.3, 0.4) is 0 Å². The van der Waals surface area contributed by atoms with E-state index < -0.39 is 5.82 Å². The molecule has 1 amide bonds. The fourth-order valence-electron chi connectivity index (χ4n) is 3.40. The highest BCUT2D eigenvalue weighted by Crippen LogP contribution is 2.28. The third-order valence-corrected chi connectivity index (χ3v) is 5.93. The van der Waals surface area contributed by atoms with Crippen LogP contribution in [0, 0.1) is 18.7 Å². The lowest BCUT2D eigenvalue weighted by Crippen LogP contribution is -2.30. The molecule has 152 valence electrons. The molecule has 4 heterocycles. The second-order valence-electron chi connectivity index (χ2n) is 7.17. The quantitative estimate of drug-likeness (QED) is 0.659. The monoisotopic (exact) mass is 416 g/mol. The number of anilines is 1. The second kappa shape index (κ2) is 7.96. The van der Waals surface area contributed by atoms with Gasteiger partial charge < -0.3 is 15.3 Å². The van der Waals surface area contributed by atoms with E-state index in [1.165, 1.54) is 17.4 Å². The first kappa shape index (κ1) is 19.6. The Morgan fingerprint density at radius 2 is 2.24 bits per heavy atom. The van der Waals surface area contributed by atoms with Gasteiger partial charge in [0.1, 0.15) is 10.5 Å². The molecule has 0 radical (unpaired) electrons. The molecule has 2 N–H and O–H groups in total. The van der Waals surface area contributed by atoms with Crippen molar-refractivity contribution in [1.29, 1.82) is 0 Å². The van der Waals surface area contributed by atoms with E-state index >= 15 is 0 Å². The molecular formula is C19H21FN6O2S. The van der Waals surface area contributed by atoms with Gasteiger partial charge in [0.15, 0.2) is 11.3 Å². The van der Waals surface area contributed by atoms with Crippen LogP contribution in [-0.2, 0) is 0 Å². The molecule has 3 aromatic heterocycles. The second-order valence-corrected chi connectivity index (χ2v) is 8.38. The zero-order chi connectivity index (χ0) is 20.5. The molecule has 1 aliphatic heterocycles. The molecular weight excluding hydrogens is 395 g/mol. The lowest BCUT2D eigenvalue weighted by molar-refractivity contribution is 0.0778. The van der Waals surface area contributed by atoms with Crippen molar-refractivity contribution in [1.82, 2.24) is 24.8 Å². The fraction of sp³-hybridized carbons (Fsp3) is 0.421. The number of aliphatic hydroxyl groups is 1. The molecule has 0 spiro atoms. The van der Waals surface area contributed by atoms with E-state index in [1.54, 1.807) is 11.1 Å². The maximum Gasteiger partial charge on any atom is 0.274 e. The van der Waals surface area contributed by atoms with Gasteiger partial charge in [-0.3, -0.25) is 9.78 Å². The minimum Gasteiger partial charge on any atom is -0.396 e. The molecule has 2 atom stereocenters. The first-order valence-electron chi connectivity index (χ1n) is 9.37. The van der Waals surface area contributed by atoms with Crippen molar-refractivity contribution in [2.75, 3.05) is 25.0 Å². The summed E-state index contributed by atoms with van der Waals surface area (Å²) in [7, 11) is 0. The number of thiazole rings is 1. The van der Waals surface area contributed by atoms with Crippen molar-refractivity contribution in [3.05, 3.63) is 40.5 Å². The highest BCUT2D eigenvalue weighted by atomic mass is 32.1. The Labute approximate surface area is 170 Å². The van der Waals surface area contributed by atoms with E-state index in [4.69, 9.17) is 0 Å². The van der Waals surface area contributed by atoms with Gasteiger partial charge >= 0.3 is 0 Å². The van der Waals surface area contributed by atoms with Crippen LogP contribution in [-0.4, -0.2) is 55.5 Å². The summed E-state index contributed by atoms with van der Waals surface area (Å²) in [6.45, 7) is 4.85. The molecule has 1 aliphatic rings. The van der Waals surface area contributed by atoms with Gasteiger partial charge in [0, 0.05) is 31.8 Å². The number of aryl methyl sites for hydroxylation is 1. The molecule has 0 aliphatic carbocycles. The Kier molecular flexibility index (Phi) is 5.37. The number of pyridine rings is 1. The van der Waals surface area contributed by atoms with Gasteiger partial charge in [-0.15, -0.1) is 11.3 Å². The van der Waals surface area contributed by atoms with Crippen molar-refractivity contribution in [3.8, 4) is 0 Å². The lowest BCUT2D eigenvalue weighted by Gasteiger charge is -2.18. The fourth-order valence-corrected chi connectivity index (χ4v) is 4.24. The number of nitrogens with one attached hydrogen (secondary N) is 1. The maximum atomic E-state index is 13.5. The van der Waals surface area contributed by atoms with Crippen LogP contribution < -0.4 is 5.32 Å². The number of halogens is 1. The van der Waals surface area contributed by atoms with Gasteiger partial charge in [-0.1, -0.05) is 0 Å². The van der Waals surface area contributed by atoms with Gasteiger partial charge in [-0.05, 0) is 31.9 Å². The Hall–Kier alpha value is -2.72. The topological polar surface area (TPSA) is 104 Å². The van der Waals surface area contributed by atoms with Gasteiger partial charge in [-0.2, -0.15) is 4.98 Å². The molecule has 0 bridgehead atoms. The highest BCUT2D eigenvalue weighted by molar-refractivity contribution is 7.18. The molecule has 1 saturated heterocycles. The highest BCUT2D eigenvalue weighted by Gasteiger charge is 2.29. The zero-order valence-corrected chi connectivity index (χ0v) is 16.9. The smallest absolute Gasteiger partial charge is 0.274 e. The van der Waals surface area contributed by atoms with E-state index in [-0.39, 0.29) is 30.4 Å². The van der Waals surface area contributed by atoms with Crippen molar-refractivity contribution in [3.63, 3.8) is 0 Å². The number of carbonyl (C=O) groups is 1. The van der Waals surface area contributed by atoms with Crippen LogP contribution in [0.4, 0.5) is 10.3 Å². The third-order valence-electron chi connectivity index (χ3n) is 4.97. The summed E-state index contributed by atoms with van der Waals surface area (Å²) in [5, 5.41) is 13.3. The summed E-state index contributed by atoms with van der Waals surface area (Å²) >= 11 is 1.38. The first-order chi connectivity index (χ1) is 13.9. The van der Waals surface area contributed by atoms with Crippen LogP contribution in [0.25, 0.3) is 10.3 Å².